The minimum absolute atomic E-state index is 0.00257. The van der Waals surface area contributed by atoms with Gasteiger partial charge in [-0.05, 0) is 67.5 Å². The summed E-state index contributed by atoms with van der Waals surface area (Å²) in [5.74, 6) is -0.802. The number of carbonyl (C=O) groups excluding carboxylic acids is 1. The first-order chi connectivity index (χ1) is 22.5. The number of benzene rings is 1. The molecule has 3 aromatic rings. The Morgan fingerprint density at radius 3 is 1.81 bits per heavy atom. The van der Waals surface area contributed by atoms with Crippen LogP contribution in [0, 0.1) is 0 Å². The van der Waals surface area contributed by atoms with Crippen molar-refractivity contribution in [2.24, 2.45) is 0 Å². The van der Waals surface area contributed by atoms with Crippen molar-refractivity contribution in [1.29, 1.82) is 0 Å². The second kappa shape index (κ2) is 18.0. The Kier molecular flexibility index (Phi) is 15.0. The lowest BCUT2D eigenvalue weighted by Gasteiger charge is -2.30. The van der Waals surface area contributed by atoms with Crippen LogP contribution in [0.5, 0.6) is 0 Å². The standard InChI is InChI=1S/C30H46ClN5O10P2/c1-19(2)43-47(38,44-20(3)4)17-40-14-24(36-16-33-26-27(31)34-30(32)35-28(26)36)25(42-29(37)23-12-10-9-11-13-23)15-41-18-48(39,45-21(5)6)46-22(7)8/h9-13,16,19-22,24-25H,14-15,17-18H2,1-8H3,(H2,32,34,35)/t24-,25+/m0/s1. The number of ether oxygens (including phenoxy) is 3. The van der Waals surface area contributed by atoms with Crippen LogP contribution in [0.25, 0.3) is 11.2 Å². The molecule has 15 nitrogen and oxygen atoms in total. The number of imidazole rings is 1. The number of nitrogens with zero attached hydrogens (tertiary/aromatic N) is 4. The van der Waals surface area contributed by atoms with Gasteiger partial charge in [0, 0.05) is 0 Å². The number of anilines is 1. The molecule has 48 heavy (non-hydrogen) atoms. The first kappa shape index (κ1) is 40.0. The van der Waals surface area contributed by atoms with Crippen molar-refractivity contribution in [3.8, 4) is 0 Å². The Hall–Kier alpha value is -2.45. The summed E-state index contributed by atoms with van der Waals surface area (Å²) in [4.78, 5) is 26.1. The molecule has 0 fully saturated rings. The Morgan fingerprint density at radius 1 is 0.812 bits per heavy atom. The van der Waals surface area contributed by atoms with Crippen LogP contribution < -0.4 is 5.73 Å². The van der Waals surface area contributed by atoms with Crippen LogP contribution in [0.3, 0.4) is 0 Å². The zero-order chi connectivity index (χ0) is 35.6. The zero-order valence-electron chi connectivity index (χ0n) is 28.5. The number of esters is 1. The molecule has 268 valence electrons. The fraction of sp³-hybridized carbons (Fsp3) is 0.600. The van der Waals surface area contributed by atoms with Gasteiger partial charge in [0.1, 0.15) is 24.3 Å². The first-order valence-corrected chi connectivity index (χ1v) is 19.3. The molecule has 0 aliphatic carbocycles. The van der Waals surface area contributed by atoms with E-state index in [1.165, 1.54) is 10.9 Å². The molecule has 0 aliphatic rings. The lowest BCUT2D eigenvalue weighted by Crippen LogP contribution is -2.36. The van der Waals surface area contributed by atoms with Crippen LogP contribution in [0.15, 0.2) is 36.7 Å². The Morgan fingerprint density at radius 2 is 1.31 bits per heavy atom. The predicted octanol–water partition coefficient (Wildman–Crippen LogP) is 6.86. The van der Waals surface area contributed by atoms with Crippen LogP contribution in [-0.4, -0.2) is 81.9 Å². The van der Waals surface area contributed by atoms with Gasteiger partial charge in [0.05, 0.1) is 55.6 Å². The van der Waals surface area contributed by atoms with E-state index >= 15 is 0 Å². The summed E-state index contributed by atoms with van der Waals surface area (Å²) in [7, 11) is -7.46. The van der Waals surface area contributed by atoms with Crippen LogP contribution in [0.2, 0.25) is 5.15 Å². The summed E-state index contributed by atoms with van der Waals surface area (Å²) in [6.45, 7) is 13.3. The van der Waals surface area contributed by atoms with E-state index in [4.69, 9.17) is 49.6 Å². The van der Waals surface area contributed by atoms with Crippen molar-refractivity contribution in [2.75, 3.05) is 31.6 Å². The summed E-state index contributed by atoms with van der Waals surface area (Å²) in [5, 5.41) is 0.00257. The van der Waals surface area contributed by atoms with Gasteiger partial charge < -0.3 is 42.6 Å². The minimum Gasteiger partial charge on any atom is -0.454 e. The molecule has 0 unspecified atom stereocenters. The first-order valence-electron chi connectivity index (χ1n) is 15.5. The molecule has 0 radical (unpaired) electrons. The van der Waals surface area contributed by atoms with Crippen molar-refractivity contribution in [3.05, 3.63) is 47.4 Å². The lowest BCUT2D eigenvalue weighted by atomic mass is 10.1. The number of nitrogen functional groups attached to an aromatic ring is 1. The van der Waals surface area contributed by atoms with Gasteiger partial charge in [0.25, 0.3) is 0 Å². The van der Waals surface area contributed by atoms with E-state index in [1.54, 1.807) is 85.7 Å². The maximum Gasteiger partial charge on any atom is 0.356 e. The quantitative estimate of drug-likeness (QED) is 0.0721. The molecule has 2 N–H and O–H groups in total. The summed E-state index contributed by atoms with van der Waals surface area (Å²) >= 11 is 6.32. The number of fused-ring (bicyclic) bond motifs is 1. The third kappa shape index (κ3) is 12.2. The molecular formula is C30H46ClN5O10P2. The Bertz CT molecular complexity index is 1550. The smallest absolute Gasteiger partial charge is 0.356 e. The predicted molar refractivity (Wildman–Crippen MR) is 181 cm³/mol. The van der Waals surface area contributed by atoms with Crippen LogP contribution >= 0.6 is 26.8 Å². The molecule has 0 saturated carbocycles. The maximum absolute atomic E-state index is 13.6. The molecule has 0 bridgehead atoms. The minimum atomic E-state index is -3.73. The Balaban J connectivity index is 2.04. The molecule has 0 amide bonds. The van der Waals surface area contributed by atoms with Gasteiger partial charge in [-0.2, -0.15) is 9.97 Å². The average Bonchev–Trinajstić information content (AvgIpc) is 3.37. The number of aromatic nitrogens is 4. The molecule has 0 saturated heterocycles. The second-order valence-corrected chi connectivity index (χ2v) is 16.1. The fourth-order valence-corrected chi connectivity index (χ4v) is 8.32. The van der Waals surface area contributed by atoms with E-state index in [0.717, 1.165) is 0 Å². The number of hydrogen-bond donors (Lipinski definition) is 1. The van der Waals surface area contributed by atoms with Crippen molar-refractivity contribution in [1.82, 2.24) is 19.5 Å². The third-order valence-corrected chi connectivity index (χ3v) is 10.2. The van der Waals surface area contributed by atoms with E-state index in [-0.39, 0.29) is 41.0 Å². The zero-order valence-corrected chi connectivity index (χ0v) is 31.0. The SMILES string of the molecule is CC(C)OP(=O)(COC[C@@H](OC(=O)c1ccccc1)[C@H](COCP(=O)(OC(C)C)OC(C)C)n1cnc2c(Cl)nc(N)nc21)OC(C)C. The molecule has 0 aliphatic heterocycles. The summed E-state index contributed by atoms with van der Waals surface area (Å²) in [6.07, 6.45) is -2.29. The molecule has 0 spiro atoms. The highest BCUT2D eigenvalue weighted by molar-refractivity contribution is 7.53. The normalized spacial score (nSPS) is 14.0. The number of hydrogen-bond acceptors (Lipinski definition) is 14. The van der Waals surface area contributed by atoms with Gasteiger partial charge in [-0.25, -0.2) is 9.78 Å². The number of halogens is 1. The van der Waals surface area contributed by atoms with Gasteiger partial charge >= 0.3 is 21.2 Å². The van der Waals surface area contributed by atoms with Crippen LogP contribution in [0.1, 0.15) is 71.8 Å². The maximum atomic E-state index is 13.6. The van der Waals surface area contributed by atoms with E-state index in [9.17, 15) is 13.9 Å². The van der Waals surface area contributed by atoms with Crippen LogP contribution in [-0.2, 0) is 41.4 Å². The fourth-order valence-electron chi connectivity index (χ4n) is 4.53. The molecule has 2 heterocycles. The molecule has 2 aromatic heterocycles. The molecule has 1 aromatic carbocycles. The molecule has 18 heteroatoms. The van der Waals surface area contributed by atoms with Crippen molar-refractivity contribution >= 4 is 49.9 Å². The summed E-state index contributed by atoms with van der Waals surface area (Å²) < 4.78 is 69.1. The van der Waals surface area contributed by atoms with E-state index in [0.29, 0.717) is 0 Å². The van der Waals surface area contributed by atoms with Crippen molar-refractivity contribution in [2.45, 2.75) is 92.0 Å². The monoisotopic (exact) mass is 733 g/mol. The highest BCUT2D eigenvalue weighted by Gasteiger charge is 2.35. The largest absolute Gasteiger partial charge is 0.454 e. The summed E-state index contributed by atoms with van der Waals surface area (Å²) in [5.41, 5.74) is 6.62. The second-order valence-electron chi connectivity index (χ2n) is 11.9. The average molecular weight is 734 g/mol. The topological polar surface area (TPSA) is 185 Å². The molecule has 2 atom stereocenters. The highest BCUT2D eigenvalue weighted by Crippen LogP contribution is 2.51. The van der Waals surface area contributed by atoms with Crippen LogP contribution in [0.4, 0.5) is 5.95 Å². The van der Waals surface area contributed by atoms with E-state index in [2.05, 4.69) is 15.0 Å². The van der Waals surface area contributed by atoms with Gasteiger partial charge in [-0.1, -0.05) is 29.8 Å². The third-order valence-electron chi connectivity index (χ3n) is 6.01. The molecule has 3 rings (SSSR count). The number of nitrogens with two attached hydrogens (primary N) is 1. The van der Waals surface area contributed by atoms with Gasteiger partial charge in [-0.3, -0.25) is 9.13 Å². The molecular weight excluding hydrogens is 688 g/mol. The highest BCUT2D eigenvalue weighted by atomic mass is 35.5. The van der Waals surface area contributed by atoms with Crippen molar-refractivity contribution < 1.29 is 46.2 Å². The van der Waals surface area contributed by atoms with Gasteiger partial charge in [0.2, 0.25) is 5.95 Å². The number of carbonyl (C=O) groups is 1. The number of rotatable bonds is 20. The van der Waals surface area contributed by atoms with E-state index < -0.39 is 70.4 Å². The van der Waals surface area contributed by atoms with E-state index in [1.807, 2.05) is 0 Å². The van der Waals surface area contributed by atoms with Crippen molar-refractivity contribution in [3.63, 3.8) is 0 Å². The van der Waals surface area contributed by atoms with Gasteiger partial charge in [-0.15, -0.1) is 0 Å². The summed E-state index contributed by atoms with van der Waals surface area (Å²) in [6, 6.07) is 7.38. The Labute approximate surface area is 286 Å². The van der Waals surface area contributed by atoms with Gasteiger partial charge in [0.15, 0.2) is 10.8 Å². The lowest BCUT2D eigenvalue weighted by molar-refractivity contribution is -0.0352.